The lowest BCUT2D eigenvalue weighted by Gasteiger charge is -2.09. The predicted octanol–water partition coefficient (Wildman–Crippen LogP) is 8.07. The van der Waals surface area contributed by atoms with E-state index >= 15 is 0 Å². The third kappa shape index (κ3) is 3.24. The Kier molecular flexibility index (Phi) is 4.62. The van der Waals surface area contributed by atoms with Crippen LogP contribution in [0.1, 0.15) is 0 Å². The second-order valence-electron chi connectivity index (χ2n) is 9.20. The maximum Gasteiger partial charge on any atom is 0.163 e. The second-order valence-corrected chi connectivity index (χ2v) is 10.3. The summed E-state index contributed by atoms with van der Waals surface area (Å²) < 4.78 is 4.75. The van der Waals surface area contributed by atoms with Gasteiger partial charge in [0, 0.05) is 32.3 Å². The standard InChI is InChI=1S/C32H19N5S/c1-2-8-20(9-3-1)31-33-19-34-32(36-31)21-14-16-22(17-15-21)37-25-12-6-4-10-23(25)29-26(37)18-28-30(35-29)24-11-5-7-13-27(24)38-28/h1-19H. The Morgan fingerprint density at radius 2 is 1.21 bits per heavy atom. The van der Waals surface area contributed by atoms with Crippen molar-refractivity contribution in [2.45, 2.75) is 0 Å². The van der Waals surface area contributed by atoms with Crippen LogP contribution in [0.25, 0.3) is 70.7 Å². The molecule has 0 aliphatic carbocycles. The van der Waals surface area contributed by atoms with E-state index in [1.54, 1.807) is 17.7 Å². The molecule has 4 aromatic carbocycles. The Morgan fingerprint density at radius 3 is 2.03 bits per heavy atom. The summed E-state index contributed by atoms with van der Waals surface area (Å²) in [5, 5.41) is 2.36. The van der Waals surface area contributed by atoms with Crippen molar-refractivity contribution >= 4 is 53.6 Å². The summed E-state index contributed by atoms with van der Waals surface area (Å²) >= 11 is 1.79. The zero-order valence-electron chi connectivity index (χ0n) is 20.1. The molecule has 38 heavy (non-hydrogen) atoms. The first kappa shape index (κ1) is 21.2. The third-order valence-electron chi connectivity index (χ3n) is 6.96. The highest BCUT2D eigenvalue weighted by molar-refractivity contribution is 7.25. The van der Waals surface area contributed by atoms with E-state index in [9.17, 15) is 0 Å². The van der Waals surface area contributed by atoms with Crippen LogP contribution in [0.4, 0.5) is 0 Å². The molecular formula is C32H19N5S. The smallest absolute Gasteiger partial charge is 0.163 e. The van der Waals surface area contributed by atoms with Gasteiger partial charge in [0.2, 0.25) is 0 Å². The molecule has 6 heteroatoms. The van der Waals surface area contributed by atoms with E-state index < -0.39 is 0 Å². The fourth-order valence-corrected chi connectivity index (χ4v) is 6.27. The summed E-state index contributed by atoms with van der Waals surface area (Å²) in [6, 6.07) is 37.6. The highest BCUT2D eigenvalue weighted by atomic mass is 32.1. The van der Waals surface area contributed by atoms with Crippen LogP contribution in [0.3, 0.4) is 0 Å². The van der Waals surface area contributed by atoms with Crippen LogP contribution in [0.5, 0.6) is 0 Å². The van der Waals surface area contributed by atoms with Gasteiger partial charge in [-0.3, -0.25) is 0 Å². The molecule has 0 fully saturated rings. The van der Waals surface area contributed by atoms with Crippen LogP contribution in [0, 0.1) is 0 Å². The highest BCUT2D eigenvalue weighted by Crippen LogP contribution is 2.38. The van der Waals surface area contributed by atoms with Crippen molar-refractivity contribution in [1.29, 1.82) is 0 Å². The molecule has 0 aliphatic heterocycles. The molecular weight excluding hydrogens is 486 g/mol. The van der Waals surface area contributed by atoms with E-state index in [0.717, 1.165) is 44.3 Å². The van der Waals surface area contributed by atoms with Crippen LogP contribution in [0.2, 0.25) is 0 Å². The number of para-hydroxylation sites is 1. The van der Waals surface area contributed by atoms with Crippen LogP contribution in [-0.2, 0) is 0 Å². The maximum atomic E-state index is 5.21. The van der Waals surface area contributed by atoms with E-state index in [4.69, 9.17) is 9.97 Å². The minimum atomic E-state index is 0.654. The molecule has 0 unspecified atom stereocenters. The van der Waals surface area contributed by atoms with Crippen molar-refractivity contribution in [2.24, 2.45) is 0 Å². The minimum absolute atomic E-state index is 0.654. The molecule has 0 amide bonds. The Bertz CT molecular complexity index is 2130. The molecule has 5 nitrogen and oxygen atoms in total. The monoisotopic (exact) mass is 505 g/mol. The third-order valence-corrected chi connectivity index (χ3v) is 8.07. The van der Waals surface area contributed by atoms with Crippen molar-refractivity contribution in [2.75, 3.05) is 0 Å². The van der Waals surface area contributed by atoms with Crippen LogP contribution >= 0.6 is 11.3 Å². The normalized spacial score (nSPS) is 11.7. The van der Waals surface area contributed by atoms with Gasteiger partial charge in [-0.15, -0.1) is 11.3 Å². The number of hydrogen-bond acceptors (Lipinski definition) is 5. The average Bonchev–Trinajstić information content (AvgIpc) is 3.51. The number of nitrogens with zero attached hydrogens (tertiary/aromatic N) is 5. The lowest BCUT2D eigenvalue weighted by atomic mass is 10.1. The first-order valence-electron chi connectivity index (χ1n) is 12.4. The zero-order valence-corrected chi connectivity index (χ0v) is 20.9. The Labute approximate surface area is 221 Å². The minimum Gasteiger partial charge on any atom is -0.308 e. The topological polar surface area (TPSA) is 56.5 Å². The quantitative estimate of drug-likeness (QED) is 0.244. The van der Waals surface area contributed by atoms with Crippen LogP contribution in [-0.4, -0.2) is 24.5 Å². The average molecular weight is 506 g/mol. The largest absolute Gasteiger partial charge is 0.308 e. The van der Waals surface area contributed by atoms with Gasteiger partial charge in [-0.05, 0) is 42.5 Å². The molecule has 4 aromatic heterocycles. The second kappa shape index (κ2) is 8.30. The van der Waals surface area contributed by atoms with Gasteiger partial charge in [-0.1, -0.05) is 66.7 Å². The SMILES string of the molecule is c1ccc(-c2ncnc(-c3ccc(-n4c5ccccc5c5nc6c(cc54)sc4ccccc46)cc3)n2)cc1. The number of fused-ring (bicyclic) bond motifs is 6. The molecule has 178 valence electrons. The predicted molar refractivity (Wildman–Crippen MR) is 156 cm³/mol. The number of benzene rings is 4. The molecule has 0 radical (unpaired) electrons. The number of pyridine rings is 1. The fourth-order valence-electron chi connectivity index (χ4n) is 5.19. The molecule has 8 rings (SSSR count). The summed E-state index contributed by atoms with van der Waals surface area (Å²) in [6.07, 6.45) is 1.58. The van der Waals surface area contributed by atoms with Gasteiger partial charge >= 0.3 is 0 Å². The Morgan fingerprint density at radius 1 is 0.526 bits per heavy atom. The Hall–Kier alpha value is -4.94. The molecule has 0 N–H and O–H groups in total. The maximum absolute atomic E-state index is 5.21. The summed E-state index contributed by atoms with van der Waals surface area (Å²) in [4.78, 5) is 18.7. The van der Waals surface area contributed by atoms with E-state index in [-0.39, 0.29) is 0 Å². The first-order valence-corrected chi connectivity index (χ1v) is 13.2. The van der Waals surface area contributed by atoms with Crippen molar-refractivity contribution in [3.05, 3.63) is 116 Å². The Balaban J connectivity index is 1.29. The number of thiophene rings is 1. The first-order chi connectivity index (χ1) is 18.8. The van der Waals surface area contributed by atoms with Gasteiger partial charge in [0.05, 0.1) is 26.8 Å². The molecule has 0 saturated heterocycles. The molecule has 0 atom stereocenters. The van der Waals surface area contributed by atoms with E-state index in [2.05, 4.69) is 93.4 Å². The zero-order chi connectivity index (χ0) is 25.1. The highest BCUT2D eigenvalue weighted by Gasteiger charge is 2.17. The summed E-state index contributed by atoms with van der Waals surface area (Å²) in [5.41, 5.74) is 7.31. The number of rotatable bonds is 3. The molecule has 0 saturated carbocycles. The van der Waals surface area contributed by atoms with Gasteiger partial charge in [0.25, 0.3) is 0 Å². The lowest BCUT2D eigenvalue weighted by molar-refractivity contribution is 1.06. The van der Waals surface area contributed by atoms with Gasteiger partial charge in [0.1, 0.15) is 6.33 Å². The number of aromatic nitrogens is 5. The molecule has 0 bridgehead atoms. The molecule has 4 heterocycles. The van der Waals surface area contributed by atoms with Crippen LogP contribution < -0.4 is 0 Å². The lowest BCUT2D eigenvalue weighted by Crippen LogP contribution is -1.97. The van der Waals surface area contributed by atoms with E-state index in [0.29, 0.717) is 11.6 Å². The van der Waals surface area contributed by atoms with Crippen molar-refractivity contribution in [3.8, 4) is 28.5 Å². The molecule has 0 spiro atoms. The van der Waals surface area contributed by atoms with Gasteiger partial charge in [-0.25, -0.2) is 19.9 Å². The van der Waals surface area contributed by atoms with E-state index in [1.165, 1.54) is 14.8 Å². The summed E-state index contributed by atoms with van der Waals surface area (Å²) in [7, 11) is 0. The number of hydrogen-bond donors (Lipinski definition) is 0. The van der Waals surface area contributed by atoms with Crippen molar-refractivity contribution in [3.63, 3.8) is 0 Å². The molecule has 8 aromatic rings. The van der Waals surface area contributed by atoms with Crippen molar-refractivity contribution in [1.82, 2.24) is 24.5 Å². The van der Waals surface area contributed by atoms with Crippen molar-refractivity contribution < 1.29 is 0 Å². The van der Waals surface area contributed by atoms with Gasteiger partial charge in [0.15, 0.2) is 11.6 Å². The van der Waals surface area contributed by atoms with Gasteiger partial charge < -0.3 is 4.57 Å². The van der Waals surface area contributed by atoms with E-state index in [1.807, 2.05) is 30.3 Å². The summed E-state index contributed by atoms with van der Waals surface area (Å²) in [5.74, 6) is 1.32. The molecule has 0 aliphatic rings. The van der Waals surface area contributed by atoms with Crippen LogP contribution in [0.15, 0.2) is 116 Å². The van der Waals surface area contributed by atoms with Gasteiger partial charge in [-0.2, -0.15) is 0 Å². The summed E-state index contributed by atoms with van der Waals surface area (Å²) in [6.45, 7) is 0. The fraction of sp³-hybridized carbons (Fsp3) is 0.